The normalized spacial score (nSPS) is 49.4. The number of ketones is 1. The summed E-state index contributed by atoms with van der Waals surface area (Å²) in [4.78, 5) is 55.6. The molecule has 0 aromatic carbocycles. The Morgan fingerprint density at radius 1 is 0.423 bits per heavy atom. The molecule has 12 rings (SSSR count). The molecule has 0 aromatic heterocycles. The fourth-order valence-corrected chi connectivity index (χ4v) is 22.5. The molecule has 3 amide bonds. The molecule has 9 fully saturated rings. The molecule has 12 nitrogen and oxygen atoms in total. The molecule has 5 N–H and O–H groups in total. The molecule has 436 valence electrons. The van der Waals surface area contributed by atoms with Crippen molar-refractivity contribution in [1.82, 2.24) is 14.7 Å². The summed E-state index contributed by atoms with van der Waals surface area (Å²) in [5.74, 6) is 4.96. The Bertz CT molecular complexity index is 2340. The smallest absolute Gasteiger partial charge is 0.225 e. The van der Waals surface area contributed by atoms with Crippen molar-refractivity contribution in [2.24, 2.45) is 104 Å². The number of carbonyl (C=O) groups excluding carboxylic acids is 4. The van der Waals surface area contributed by atoms with Crippen LogP contribution < -0.4 is 0 Å². The Labute approximate surface area is 468 Å². The van der Waals surface area contributed by atoms with Crippen LogP contribution in [0.3, 0.4) is 0 Å². The van der Waals surface area contributed by atoms with Gasteiger partial charge >= 0.3 is 0 Å². The Morgan fingerprint density at radius 2 is 0.731 bits per heavy atom. The van der Waals surface area contributed by atoms with E-state index >= 15 is 0 Å². The van der Waals surface area contributed by atoms with Crippen molar-refractivity contribution in [2.45, 2.75) is 207 Å². The molecule has 0 unspecified atom stereocenters. The van der Waals surface area contributed by atoms with E-state index < -0.39 is 0 Å². The highest BCUT2D eigenvalue weighted by atomic mass is 16.3. The standard InChI is InChI=1S/2C22H35NO3.C22H33NO3/c3*1-21-10-9-14(24)11-13(21)5-6-15-16-7-8-17(20(26)23(3)4)22(16,2)12-18(25)19(15)21/h2*11,14-19,24-25H,5-10,12H2,1-4H3;11,15-19,25H,5-10,12H2,1-4H3/t2*14-,15-,16-,17+,18-,19+,21-,22-;15-,16-,17+,18-,19+,21-,22-/m000/s1. The van der Waals surface area contributed by atoms with Gasteiger partial charge in [-0.05, 0) is 220 Å². The molecule has 78 heavy (non-hydrogen) atoms. The van der Waals surface area contributed by atoms with Gasteiger partial charge in [-0.15, -0.1) is 0 Å². The first-order valence-corrected chi connectivity index (χ1v) is 31.2. The lowest BCUT2D eigenvalue weighted by Crippen LogP contribution is -2.57. The molecule has 12 heteroatoms. The van der Waals surface area contributed by atoms with Gasteiger partial charge in [0.05, 0.1) is 30.5 Å². The number of nitrogens with zero attached hydrogens (tertiary/aromatic N) is 3. The molecule has 0 bridgehead atoms. The number of amides is 3. The summed E-state index contributed by atoms with van der Waals surface area (Å²) in [6, 6.07) is 0. The fraction of sp³-hybridized carbons (Fsp3) is 0.848. The van der Waals surface area contributed by atoms with Gasteiger partial charge in [-0.1, -0.05) is 70.4 Å². The maximum absolute atomic E-state index is 12.8. The molecule has 12 aliphatic carbocycles. The molecule has 0 saturated heterocycles. The van der Waals surface area contributed by atoms with Gasteiger partial charge in [0.1, 0.15) is 0 Å². The van der Waals surface area contributed by atoms with Crippen molar-refractivity contribution in [3.8, 4) is 0 Å². The van der Waals surface area contributed by atoms with Crippen LogP contribution in [0, 0.1) is 104 Å². The Balaban J connectivity index is 0.000000132. The van der Waals surface area contributed by atoms with Gasteiger partial charge in [0, 0.05) is 66.5 Å². The van der Waals surface area contributed by atoms with Gasteiger partial charge in [0.25, 0.3) is 0 Å². The van der Waals surface area contributed by atoms with Crippen LogP contribution in [-0.4, -0.2) is 137 Å². The van der Waals surface area contributed by atoms with E-state index in [1.54, 1.807) is 14.7 Å². The highest BCUT2D eigenvalue weighted by Crippen LogP contribution is 2.70. The molecule has 0 radical (unpaired) electrons. The van der Waals surface area contributed by atoms with E-state index in [2.05, 4.69) is 53.7 Å². The van der Waals surface area contributed by atoms with E-state index in [4.69, 9.17) is 0 Å². The van der Waals surface area contributed by atoms with Gasteiger partial charge in [-0.25, -0.2) is 0 Å². The Hall–Kier alpha value is -2.90. The zero-order valence-electron chi connectivity index (χ0n) is 50.1. The van der Waals surface area contributed by atoms with Crippen molar-refractivity contribution in [3.63, 3.8) is 0 Å². The first kappa shape index (κ1) is 58.3. The number of fused-ring (bicyclic) bond motifs is 15. The van der Waals surface area contributed by atoms with Gasteiger partial charge in [-0.3, -0.25) is 19.2 Å². The van der Waals surface area contributed by atoms with Gasteiger partial charge in [0.15, 0.2) is 5.78 Å². The third kappa shape index (κ3) is 9.12. The fourth-order valence-electron chi connectivity index (χ4n) is 22.5. The first-order valence-electron chi connectivity index (χ1n) is 31.2. The van der Waals surface area contributed by atoms with Crippen LogP contribution in [0.15, 0.2) is 34.9 Å². The van der Waals surface area contributed by atoms with Gasteiger partial charge in [-0.2, -0.15) is 0 Å². The van der Waals surface area contributed by atoms with Crippen LogP contribution in [0.25, 0.3) is 0 Å². The number of hydrogen-bond donors (Lipinski definition) is 5. The SMILES string of the molecule is CN(C)C(=O)[C@H]1CC[C@H]2[C@@H]3CCC4=CC(=O)CC[C@]4(C)[C@H]3[C@@H](O)C[C@]12C.CN(C)C(=O)[C@H]1CC[C@H]2[C@@H]3CCC4=C[C@@H](O)CC[C@]4(C)[C@H]3[C@@H](O)C[C@]12C.CN(C)C(=O)[C@H]1CC[C@H]2[C@@H]3CCC4=C[C@@H](O)CC[C@]4(C)[C@H]3[C@@H](O)C[C@]12C. The number of carbonyl (C=O) groups is 4. The highest BCUT2D eigenvalue weighted by Gasteiger charge is 2.66. The summed E-state index contributed by atoms with van der Waals surface area (Å²) >= 11 is 0. The molecule has 0 aliphatic heterocycles. The van der Waals surface area contributed by atoms with Gasteiger partial charge < -0.3 is 40.2 Å². The number of allylic oxidation sites excluding steroid dienone is 3. The number of hydrogen-bond acceptors (Lipinski definition) is 9. The predicted octanol–water partition coefficient (Wildman–Crippen LogP) is 9.16. The van der Waals surface area contributed by atoms with E-state index in [0.29, 0.717) is 41.9 Å². The largest absolute Gasteiger partial charge is 0.393 e. The summed E-state index contributed by atoms with van der Waals surface area (Å²) < 4.78 is 0. The Kier molecular flexibility index (Phi) is 15.5. The van der Waals surface area contributed by atoms with E-state index in [1.165, 1.54) is 16.7 Å². The van der Waals surface area contributed by atoms with Crippen LogP contribution in [0.5, 0.6) is 0 Å². The van der Waals surface area contributed by atoms with Crippen LogP contribution in [0.2, 0.25) is 0 Å². The summed E-state index contributed by atoms with van der Waals surface area (Å²) in [6.45, 7) is 13.7. The average Bonchev–Trinajstić information content (AvgIpc) is 4.20. The monoisotopic (exact) mass is 1080 g/mol. The molecule has 0 heterocycles. The van der Waals surface area contributed by atoms with E-state index in [9.17, 15) is 44.7 Å². The lowest BCUT2D eigenvalue weighted by Gasteiger charge is -2.60. The zero-order valence-corrected chi connectivity index (χ0v) is 50.1. The topological polar surface area (TPSA) is 179 Å². The van der Waals surface area contributed by atoms with Crippen LogP contribution in [0.1, 0.15) is 176 Å². The lowest BCUT2D eigenvalue weighted by atomic mass is 9.46. The molecule has 9 saturated carbocycles. The lowest BCUT2D eigenvalue weighted by molar-refractivity contribution is -0.152. The minimum Gasteiger partial charge on any atom is -0.393 e. The zero-order chi connectivity index (χ0) is 56.6. The minimum atomic E-state index is -0.376. The first-order chi connectivity index (χ1) is 36.5. The number of aliphatic hydroxyl groups excluding tert-OH is 5. The van der Waals surface area contributed by atoms with Crippen molar-refractivity contribution in [3.05, 3.63) is 34.9 Å². The summed E-state index contributed by atoms with van der Waals surface area (Å²) in [6.07, 6.45) is 24.1. The molecular formula is C66H103N3O9. The minimum absolute atomic E-state index is 0.0204. The molecule has 12 aliphatic rings. The maximum atomic E-state index is 12.8. The quantitative estimate of drug-likeness (QED) is 0.172. The molecule has 0 spiro atoms. The summed E-state index contributed by atoms with van der Waals surface area (Å²) in [7, 11) is 11.1. The third-order valence-corrected chi connectivity index (χ3v) is 26.2. The number of rotatable bonds is 3. The second-order valence-electron chi connectivity index (χ2n) is 30.4. The van der Waals surface area contributed by atoms with Crippen molar-refractivity contribution in [2.75, 3.05) is 42.3 Å². The summed E-state index contributed by atoms with van der Waals surface area (Å²) in [5.41, 5.74) is 3.78. The molecule has 23 atom stereocenters. The van der Waals surface area contributed by atoms with E-state index in [0.717, 1.165) is 128 Å². The van der Waals surface area contributed by atoms with Crippen LogP contribution in [0.4, 0.5) is 0 Å². The maximum Gasteiger partial charge on any atom is 0.225 e. The Morgan fingerprint density at radius 3 is 1.05 bits per heavy atom. The second-order valence-corrected chi connectivity index (χ2v) is 30.4. The third-order valence-electron chi connectivity index (χ3n) is 26.2. The number of aliphatic hydroxyl groups is 5. The van der Waals surface area contributed by atoms with Crippen LogP contribution in [-0.2, 0) is 19.2 Å². The second kappa shape index (κ2) is 20.8. The van der Waals surface area contributed by atoms with Crippen molar-refractivity contribution >= 4 is 23.5 Å². The molecule has 0 aromatic rings. The molecular weight excluding hydrogens is 979 g/mol. The highest BCUT2D eigenvalue weighted by molar-refractivity contribution is 5.91. The van der Waals surface area contributed by atoms with E-state index in [-0.39, 0.29) is 122 Å². The van der Waals surface area contributed by atoms with Crippen molar-refractivity contribution in [1.29, 1.82) is 0 Å². The van der Waals surface area contributed by atoms with Crippen molar-refractivity contribution < 1.29 is 44.7 Å². The van der Waals surface area contributed by atoms with E-state index in [1.807, 2.05) is 48.4 Å². The predicted molar refractivity (Wildman–Crippen MR) is 303 cm³/mol. The average molecular weight is 1080 g/mol. The summed E-state index contributed by atoms with van der Waals surface area (Å²) in [5, 5.41) is 54.1. The van der Waals surface area contributed by atoms with Gasteiger partial charge in [0.2, 0.25) is 17.7 Å². The van der Waals surface area contributed by atoms with Crippen LogP contribution >= 0.6 is 0 Å².